The summed E-state index contributed by atoms with van der Waals surface area (Å²) >= 11 is 0. The van der Waals surface area contributed by atoms with Crippen LogP contribution in [0.2, 0.25) is 0 Å². The van der Waals surface area contributed by atoms with Crippen LogP contribution in [-0.4, -0.2) is 39.9 Å². The normalized spacial score (nSPS) is 12.5. The molecule has 0 radical (unpaired) electrons. The fourth-order valence-electron chi connectivity index (χ4n) is 4.29. The number of ketones is 1. The molecule has 7 nitrogen and oxygen atoms in total. The summed E-state index contributed by atoms with van der Waals surface area (Å²) in [5.41, 5.74) is 3.59. The fourth-order valence-corrected chi connectivity index (χ4v) is 4.29. The molecule has 35 heavy (non-hydrogen) atoms. The standard InChI is InChI=1S/C28H21N3O4/c1-17-23(26(33)19-12-6-3-7-13-19)25(24(29-17)18-10-4-2-5-11-18)30-22(32)16-31-27(34)20-14-8-9-15-21(20)28(31)35/h2-15,29H,16H2,1H3,(H,30,32). The van der Waals surface area contributed by atoms with E-state index in [0.717, 1.165) is 10.5 Å². The lowest BCUT2D eigenvalue weighted by Gasteiger charge is -2.15. The molecule has 1 aliphatic rings. The van der Waals surface area contributed by atoms with Gasteiger partial charge in [-0.15, -0.1) is 0 Å². The number of nitrogens with zero attached hydrogens (tertiary/aromatic N) is 1. The molecule has 2 heterocycles. The monoisotopic (exact) mass is 463 g/mol. The molecule has 0 fully saturated rings. The molecule has 3 amide bonds. The Morgan fingerprint density at radius 2 is 1.34 bits per heavy atom. The Morgan fingerprint density at radius 1 is 0.800 bits per heavy atom. The Balaban J connectivity index is 1.50. The fraction of sp³-hybridized carbons (Fsp3) is 0.0714. The van der Waals surface area contributed by atoms with E-state index in [1.165, 1.54) is 0 Å². The van der Waals surface area contributed by atoms with E-state index in [1.807, 2.05) is 36.4 Å². The summed E-state index contributed by atoms with van der Waals surface area (Å²) in [6, 6.07) is 24.6. The van der Waals surface area contributed by atoms with Gasteiger partial charge in [-0.25, -0.2) is 0 Å². The maximum Gasteiger partial charge on any atom is 0.262 e. The highest BCUT2D eigenvalue weighted by Gasteiger charge is 2.36. The summed E-state index contributed by atoms with van der Waals surface area (Å²) in [6.07, 6.45) is 0. The molecule has 7 heteroatoms. The van der Waals surface area contributed by atoms with Crippen molar-refractivity contribution in [2.24, 2.45) is 0 Å². The molecule has 2 N–H and O–H groups in total. The molecular formula is C28H21N3O4. The number of rotatable bonds is 6. The molecule has 0 atom stereocenters. The molecule has 0 unspecified atom stereocenters. The number of carbonyl (C=O) groups is 4. The van der Waals surface area contributed by atoms with E-state index in [1.54, 1.807) is 55.5 Å². The largest absolute Gasteiger partial charge is 0.356 e. The van der Waals surface area contributed by atoms with Crippen molar-refractivity contribution in [3.8, 4) is 11.3 Å². The Labute approximate surface area is 201 Å². The zero-order valence-electron chi connectivity index (χ0n) is 18.9. The van der Waals surface area contributed by atoms with Gasteiger partial charge in [0.2, 0.25) is 5.91 Å². The number of aromatic nitrogens is 1. The van der Waals surface area contributed by atoms with Crippen LogP contribution in [0.5, 0.6) is 0 Å². The maximum absolute atomic E-state index is 13.4. The third-order valence-corrected chi connectivity index (χ3v) is 5.96. The van der Waals surface area contributed by atoms with Crippen LogP contribution in [0.15, 0.2) is 84.9 Å². The smallest absolute Gasteiger partial charge is 0.262 e. The number of fused-ring (bicyclic) bond motifs is 1. The van der Waals surface area contributed by atoms with Gasteiger partial charge in [0.1, 0.15) is 6.54 Å². The van der Waals surface area contributed by atoms with Gasteiger partial charge in [0.05, 0.1) is 28.1 Å². The highest BCUT2D eigenvalue weighted by atomic mass is 16.2. The maximum atomic E-state index is 13.4. The van der Waals surface area contributed by atoms with E-state index in [9.17, 15) is 19.2 Å². The van der Waals surface area contributed by atoms with Gasteiger partial charge >= 0.3 is 0 Å². The van der Waals surface area contributed by atoms with Crippen LogP contribution in [-0.2, 0) is 4.79 Å². The summed E-state index contributed by atoms with van der Waals surface area (Å²) < 4.78 is 0. The molecule has 1 aliphatic heterocycles. The lowest BCUT2D eigenvalue weighted by molar-refractivity contribution is -0.116. The number of carbonyl (C=O) groups excluding carboxylic acids is 4. The summed E-state index contributed by atoms with van der Waals surface area (Å²) in [5.74, 6) is -1.87. The average molecular weight is 463 g/mol. The number of amides is 3. The molecule has 0 saturated carbocycles. The number of imide groups is 1. The summed E-state index contributed by atoms with van der Waals surface area (Å²) in [6.45, 7) is 1.30. The van der Waals surface area contributed by atoms with Gasteiger partial charge in [0.15, 0.2) is 5.78 Å². The second-order valence-corrected chi connectivity index (χ2v) is 8.23. The minimum absolute atomic E-state index is 0.252. The highest BCUT2D eigenvalue weighted by Crippen LogP contribution is 2.34. The van der Waals surface area contributed by atoms with E-state index in [2.05, 4.69) is 10.3 Å². The van der Waals surface area contributed by atoms with Crippen molar-refractivity contribution in [3.63, 3.8) is 0 Å². The number of aryl methyl sites for hydroxylation is 1. The Kier molecular flexibility index (Phi) is 5.58. The first-order valence-electron chi connectivity index (χ1n) is 11.1. The number of hydrogen-bond acceptors (Lipinski definition) is 4. The van der Waals surface area contributed by atoms with Gasteiger partial charge in [-0.2, -0.15) is 0 Å². The molecule has 172 valence electrons. The number of aromatic amines is 1. The van der Waals surface area contributed by atoms with E-state index < -0.39 is 24.3 Å². The number of H-pyrrole nitrogens is 1. The van der Waals surface area contributed by atoms with Crippen molar-refractivity contribution in [1.29, 1.82) is 0 Å². The predicted molar refractivity (Wildman–Crippen MR) is 131 cm³/mol. The number of nitrogens with one attached hydrogen (secondary N) is 2. The van der Waals surface area contributed by atoms with Gasteiger partial charge < -0.3 is 10.3 Å². The molecule has 1 aromatic heterocycles. The van der Waals surface area contributed by atoms with Crippen LogP contribution in [0.1, 0.15) is 42.3 Å². The van der Waals surface area contributed by atoms with Crippen LogP contribution in [0.25, 0.3) is 11.3 Å². The van der Waals surface area contributed by atoms with E-state index >= 15 is 0 Å². The van der Waals surface area contributed by atoms with Gasteiger partial charge in [-0.05, 0) is 19.1 Å². The minimum atomic E-state index is -0.585. The van der Waals surface area contributed by atoms with E-state index in [0.29, 0.717) is 28.2 Å². The van der Waals surface area contributed by atoms with E-state index in [4.69, 9.17) is 0 Å². The average Bonchev–Trinajstić information content (AvgIpc) is 3.33. The van der Waals surface area contributed by atoms with Crippen molar-refractivity contribution >= 4 is 29.2 Å². The molecule has 0 saturated heterocycles. The molecule has 4 aromatic rings. The molecule has 0 bridgehead atoms. The Bertz CT molecular complexity index is 1440. The predicted octanol–water partition coefficient (Wildman–Crippen LogP) is 4.46. The minimum Gasteiger partial charge on any atom is -0.356 e. The summed E-state index contributed by atoms with van der Waals surface area (Å²) in [5, 5.41) is 2.81. The molecular weight excluding hydrogens is 442 g/mol. The third-order valence-electron chi connectivity index (χ3n) is 5.96. The first-order chi connectivity index (χ1) is 17.0. The van der Waals surface area contributed by atoms with Crippen molar-refractivity contribution in [2.45, 2.75) is 6.92 Å². The lowest BCUT2D eigenvalue weighted by Crippen LogP contribution is -2.37. The molecule has 3 aromatic carbocycles. The molecule has 0 aliphatic carbocycles. The first kappa shape index (κ1) is 22.0. The van der Waals surface area contributed by atoms with Crippen molar-refractivity contribution in [2.75, 3.05) is 11.9 Å². The SMILES string of the molecule is Cc1[nH]c(-c2ccccc2)c(NC(=O)CN2C(=O)c3ccccc3C2=O)c1C(=O)c1ccccc1. The third kappa shape index (κ3) is 3.93. The van der Waals surface area contributed by atoms with E-state index in [-0.39, 0.29) is 16.9 Å². The molecule has 5 rings (SSSR count). The summed E-state index contributed by atoms with van der Waals surface area (Å²) in [7, 11) is 0. The van der Waals surface area contributed by atoms with Gasteiger partial charge in [-0.3, -0.25) is 24.1 Å². The Hall–Kier alpha value is -4.78. The van der Waals surface area contributed by atoms with Crippen molar-refractivity contribution in [1.82, 2.24) is 9.88 Å². The zero-order valence-corrected chi connectivity index (χ0v) is 18.9. The first-order valence-corrected chi connectivity index (χ1v) is 11.1. The van der Waals surface area contributed by atoms with Crippen LogP contribution in [0.3, 0.4) is 0 Å². The zero-order chi connectivity index (χ0) is 24.5. The quantitative estimate of drug-likeness (QED) is 0.326. The van der Waals surface area contributed by atoms with Crippen LogP contribution < -0.4 is 5.32 Å². The van der Waals surface area contributed by atoms with Gasteiger partial charge in [0.25, 0.3) is 11.8 Å². The number of anilines is 1. The topological polar surface area (TPSA) is 99.3 Å². The summed E-state index contributed by atoms with van der Waals surface area (Å²) in [4.78, 5) is 56.1. The number of hydrogen-bond donors (Lipinski definition) is 2. The van der Waals surface area contributed by atoms with Crippen LogP contribution in [0.4, 0.5) is 5.69 Å². The second-order valence-electron chi connectivity index (χ2n) is 8.23. The Morgan fingerprint density at radius 3 is 1.94 bits per heavy atom. The second kappa shape index (κ2) is 8.87. The highest BCUT2D eigenvalue weighted by molar-refractivity contribution is 6.23. The number of benzene rings is 3. The van der Waals surface area contributed by atoms with Crippen LogP contribution >= 0.6 is 0 Å². The van der Waals surface area contributed by atoms with Gasteiger partial charge in [0, 0.05) is 16.8 Å². The lowest BCUT2D eigenvalue weighted by atomic mass is 10.0. The molecule has 0 spiro atoms. The van der Waals surface area contributed by atoms with Crippen LogP contribution in [0, 0.1) is 6.92 Å². The van der Waals surface area contributed by atoms with Crippen molar-refractivity contribution in [3.05, 3.63) is 113 Å². The van der Waals surface area contributed by atoms with Gasteiger partial charge in [-0.1, -0.05) is 72.8 Å². The van der Waals surface area contributed by atoms with Crippen molar-refractivity contribution < 1.29 is 19.2 Å².